The zero-order chi connectivity index (χ0) is 9.52. The molecule has 1 rings (SSSR count). The maximum atomic E-state index is 11.8. The first-order valence-electron chi connectivity index (χ1n) is 4.69. The molecule has 0 aromatic heterocycles. The SMILES string of the molecule is C[C@H](NCCCF)c1ccccc1. The summed E-state index contributed by atoms with van der Waals surface area (Å²) in [6.45, 7) is 2.59. The van der Waals surface area contributed by atoms with E-state index >= 15 is 0 Å². The highest BCUT2D eigenvalue weighted by molar-refractivity contribution is 5.17. The van der Waals surface area contributed by atoms with Crippen molar-refractivity contribution in [3.8, 4) is 0 Å². The van der Waals surface area contributed by atoms with Crippen LogP contribution in [0.15, 0.2) is 30.3 Å². The number of benzene rings is 1. The van der Waals surface area contributed by atoms with Crippen LogP contribution in [0.3, 0.4) is 0 Å². The lowest BCUT2D eigenvalue weighted by Crippen LogP contribution is -2.20. The predicted octanol–water partition coefficient (Wildman–Crippen LogP) is 2.70. The highest BCUT2D eigenvalue weighted by atomic mass is 19.1. The van der Waals surface area contributed by atoms with Crippen LogP contribution in [0.5, 0.6) is 0 Å². The lowest BCUT2D eigenvalue weighted by Gasteiger charge is -2.13. The molecule has 0 saturated carbocycles. The molecule has 1 aromatic rings. The number of halogens is 1. The Morgan fingerprint density at radius 1 is 1.31 bits per heavy atom. The monoisotopic (exact) mass is 181 g/mol. The van der Waals surface area contributed by atoms with Gasteiger partial charge in [0, 0.05) is 6.04 Å². The first-order valence-corrected chi connectivity index (χ1v) is 4.69. The first-order chi connectivity index (χ1) is 6.34. The molecule has 13 heavy (non-hydrogen) atoms. The molecule has 0 radical (unpaired) electrons. The van der Waals surface area contributed by atoms with Crippen LogP contribution < -0.4 is 5.32 Å². The molecule has 0 bridgehead atoms. The summed E-state index contributed by atoms with van der Waals surface area (Å²) < 4.78 is 11.8. The number of alkyl halides is 1. The van der Waals surface area contributed by atoms with E-state index in [4.69, 9.17) is 0 Å². The van der Waals surface area contributed by atoms with Crippen molar-refractivity contribution in [3.63, 3.8) is 0 Å². The van der Waals surface area contributed by atoms with Crippen molar-refractivity contribution in [2.24, 2.45) is 0 Å². The lowest BCUT2D eigenvalue weighted by atomic mass is 10.1. The summed E-state index contributed by atoms with van der Waals surface area (Å²) in [7, 11) is 0. The van der Waals surface area contributed by atoms with Crippen LogP contribution >= 0.6 is 0 Å². The molecular formula is C11H16FN. The first kappa shape index (κ1) is 10.2. The molecule has 0 unspecified atom stereocenters. The smallest absolute Gasteiger partial charge is 0.0906 e. The minimum absolute atomic E-state index is 0.242. The van der Waals surface area contributed by atoms with Crippen molar-refractivity contribution in [2.45, 2.75) is 19.4 Å². The highest BCUT2D eigenvalue weighted by Gasteiger charge is 2.01. The molecule has 0 spiro atoms. The molecule has 2 heteroatoms. The molecule has 0 aliphatic rings. The van der Waals surface area contributed by atoms with Crippen molar-refractivity contribution in [1.29, 1.82) is 0 Å². The maximum absolute atomic E-state index is 11.8. The van der Waals surface area contributed by atoms with Gasteiger partial charge in [0.2, 0.25) is 0 Å². The van der Waals surface area contributed by atoms with Gasteiger partial charge in [-0.3, -0.25) is 4.39 Å². The third kappa shape index (κ3) is 3.55. The summed E-state index contributed by atoms with van der Waals surface area (Å²) in [6, 6.07) is 10.5. The highest BCUT2D eigenvalue weighted by Crippen LogP contribution is 2.10. The van der Waals surface area contributed by atoms with Crippen molar-refractivity contribution < 1.29 is 4.39 Å². The third-order valence-corrected chi connectivity index (χ3v) is 2.06. The van der Waals surface area contributed by atoms with Gasteiger partial charge in [0.15, 0.2) is 0 Å². The average Bonchev–Trinajstić information content (AvgIpc) is 2.19. The van der Waals surface area contributed by atoms with E-state index in [0.717, 1.165) is 6.54 Å². The van der Waals surface area contributed by atoms with E-state index in [1.54, 1.807) is 0 Å². The normalized spacial score (nSPS) is 12.8. The van der Waals surface area contributed by atoms with E-state index in [9.17, 15) is 4.39 Å². The fraction of sp³-hybridized carbons (Fsp3) is 0.455. The largest absolute Gasteiger partial charge is 0.310 e. The molecule has 0 amide bonds. The second kappa shape index (κ2) is 5.70. The molecule has 0 fully saturated rings. The van der Waals surface area contributed by atoms with Crippen LogP contribution in [0, 0.1) is 0 Å². The molecule has 0 saturated heterocycles. The molecular weight excluding hydrogens is 165 g/mol. The van der Waals surface area contributed by atoms with E-state index in [0.29, 0.717) is 12.5 Å². The van der Waals surface area contributed by atoms with Crippen LogP contribution in [-0.2, 0) is 0 Å². The van der Waals surface area contributed by atoms with Gasteiger partial charge in [0.05, 0.1) is 6.67 Å². The van der Waals surface area contributed by atoms with Gasteiger partial charge < -0.3 is 5.32 Å². The lowest BCUT2D eigenvalue weighted by molar-refractivity contribution is 0.446. The molecule has 0 aliphatic carbocycles. The van der Waals surface area contributed by atoms with Crippen molar-refractivity contribution in [1.82, 2.24) is 5.32 Å². The Morgan fingerprint density at radius 3 is 2.62 bits per heavy atom. The topological polar surface area (TPSA) is 12.0 Å². The van der Waals surface area contributed by atoms with E-state index in [1.807, 2.05) is 18.2 Å². The van der Waals surface area contributed by atoms with E-state index < -0.39 is 0 Å². The molecule has 72 valence electrons. The van der Waals surface area contributed by atoms with Gasteiger partial charge in [0.25, 0.3) is 0 Å². The standard InChI is InChI=1S/C11H16FN/c1-10(13-9-5-8-12)11-6-3-2-4-7-11/h2-4,6-7,10,13H,5,8-9H2,1H3/t10-/m0/s1. The fourth-order valence-electron chi connectivity index (χ4n) is 1.24. The Kier molecular flexibility index (Phi) is 4.47. The summed E-state index contributed by atoms with van der Waals surface area (Å²) in [4.78, 5) is 0. The zero-order valence-corrected chi connectivity index (χ0v) is 7.96. The van der Waals surface area contributed by atoms with E-state index in [1.165, 1.54) is 5.56 Å². The summed E-state index contributed by atoms with van der Waals surface area (Å²) >= 11 is 0. The Labute approximate surface area is 79.0 Å². The van der Waals surface area contributed by atoms with Gasteiger partial charge in [0.1, 0.15) is 0 Å². The number of hydrogen-bond donors (Lipinski definition) is 1. The van der Waals surface area contributed by atoms with Crippen molar-refractivity contribution in [2.75, 3.05) is 13.2 Å². The molecule has 0 heterocycles. The maximum Gasteiger partial charge on any atom is 0.0906 e. The second-order valence-corrected chi connectivity index (χ2v) is 3.13. The van der Waals surface area contributed by atoms with Crippen LogP contribution in [0.1, 0.15) is 24.9 Å². The van der Waals surface area contributed by atoms with E-state index in [2.05, 4.69) is 24.4 Å². The fourth-order valence-corrected chi connectivity index (χ4v) is 1.24. The minimum atomic E-state index is -0.242. The zero-order valence-electron chi connectivity index (χ0n) is 7.96. The molecule has 0 aliphatic heterocycles. The summed E-state index contributed by atoms with van der Waals surface area (Å²) in [5.41, 5.74) is 1.25. The average molecular weight is 181 g/mol. The van der Waals surface area contributed by atoms with Gasteiger partial charge in [-0.1, -0.05) is 30.3 Å². The van der Waals surface area contributed by atoms with Gasteiger partial charge in [-0.2, -0.15) is 0 Å². The van der Waals surface area contributed by atoms with Gasteiger partial charge >= 0.3 is 0 Å². The molecule has 1 aromatic carbocycles. The number of nitrogens with one attached hydrogen (secondary N) is 1. The summed E-state index contributed by atoms with van der Waals surface area (Å²) in [5.74, 6) is 0. The molecule has 1 nitrogen and oxygen atoms in total. The van der Waals surface area contributed by atoms with Crippen LogP contribution in [0.25, 0.3) is 0 Å². The Hall–Kier alpha value is -0.890. The summed E-state index contributed by atoms with van der Waals surface area (Å²) in [6.07, 6.45) is 0.594. The van der Waals surface area contributed by atoms with Crippen molar-refractivity contribution >= 4 is 0 Å². The second-order valence-electron chi connectivity index (χ2n) is 3.13. The predicted molar refractivity (Wildman–Crippen MR) is 53.5 cm³/mol. The quantitative estimate of drug-likeness (QED) is 0.689. The Balaban J connectivity index is 2.35. The Morgan fingerprint density at radius 2 is 2.00 bits per heavy atom. The van der Waals surface area contributed by atoms with Crippen LogP contribution in [0.4, 0.5) is 4.39 Å². The summed E-state index contributed by atoms with van der Waals surface area (Å²) in [5, 5.41) is 3.26. The van der Waals surface area contributed by atoms with Gasteiger partial charge in [-0.25, -0.2) is 0 Å². The van der Waals surface area contributed by atoms with E-state index in [-0.39, 0.29) is 6.67 Å². The van der Waals surface area contributed by atoms with Gasteiger partial charge in [-0.15, -0.1) is 0 Å². The number of rotatable bonds is 5. The number of hydrogen-bond acceptors (Lipinski definition) is 1. The van der Waals surface area contributed by atoms with Crippen LogP contribution in [-0.4, -0.2) is 13.2 Å². The molecule has 1 N–H and O–H groups in total. The molecule has 1 atom stereocenters. The third-order valence-electron chi connectivity index (χ3n) is 2.06. The van der Waals surface area contributed by atoms with Crippen LogP contribution in [0.2, 0.25) is 0 Å². The van der Waals surface area contributed by atoms with Crippen molar-refractivity contribution in [3.05, 3.63) is 35.9 Å². The minimum Gasteiger partial charge on any atom is -0.310 e. The van der Waals surface area contributed by atoms with Gasteiger partial charge in [-0.05, 0) is 25.5 Å². The Bertz CT molecular complexity index is 223.